The predicted octanol–water partition coefficient (Wildman–Crippen LogP) is -0.294. The second kappa shape index (κ2) is 4.63. The van der Waals surface area contributed by atoms with Crippen molar-refractivity contribution in [2.24, 2.45) is 7.05 Å². The SMILES string of the molecule is Cn1ccnc1CN1CCOCC1C(=O)O. The molecule has 1 aromatic heterocycles. The maximum Gasteiger partial charge on any atom is 0.323 e. The fourth-order valence-electron chi connectivity index (χ4n) is 1.79. The number of hydrogen-bond donors (Lipinski definition) is 1. The van der Waals surface area contributed by atoms with Gasteiger partial charge in [0.25, 0.3) is 0 Å². The van der Waals surface area contributed by atoms with Gasteiger partial charge in [0.1, 0.15) is 11.9 Å². The Morgan fingerprint density at radius 3 is 3.19 bits per heavy atom. The highest BCUT2D eigenvalue weighted by molar-refractivity contribution is 5.73. The third kappa shape index (κ3) is 2.23. The molecule has 0 spiro atoms. The first-order chi connectivity index (χ1) is 7.68. The molecule has 0 bridgehead atoms. The van der Waals surface area contributed by atoms with Gasteiger partial charge in [-0.15, -0.1) is 0 Å². The molecule has 6 heteroatoms. The Morgan fingerprint density at radius 1 is 1.75 bits per heavy atom. The molecule has 1 aliphatic heterocycles. The molecule has 2 rings (SSSR count). The smallest absolute Gasteiger partial charge is 0.323 e. The van der Waals surface area contributed by atoms with Gasteiger partial charge in [0.05, 0.1) is 19.8 Å². The van der Waals surface area contributed by atoms with Crippen LogP contribution in [0.4, 0.5) is 0 Å². The number of carboxylic acid groups (broad SMARTS) is 1. The summed E-state index contributed by atoms with van der Waals surface area (Å²) in [6, 6.07) is -0.564. The molecule has 1 aliphatic rings. The van der Waals surface area contributed by atoms with E-state index < -0.39 is 12.0 Å². The summed E-state index contributed by atoms with van der Waals surface area (Å²) in [5.41, 5.74) is 0. The van der Waals surface area contributed by atoms with Crippen LogP contribution < -0.4 is 0 Å². The molecule has 0 aromatic carbocycles. The van der Waals surface area contributed by atoms with Crippen molar-refractivity contribution in [2.45, 2.75) is 12.6 Å². The number of hydrogen-bond acceptors (Lipinski definition) is 4. The topological polar surface area (TPSA) is 67.6 Å². The molecule has 2 heterocycles. The molecule has 0 radical (unpaired) electrons. The Labute approximate surface area is 93.4 Å². The predicted molar refractivity (Wildman–Crippen MR) is 55.9 cm³/mol. The van der Waals surface area contributed by atoms with Gasteiger partial charge in [-0.3, -0.25) is 9.69 Å². The van der Waals surface area contributed by atoms with Crippen LogP contribution in [0.1, 0.15) is 5.82 Å². The van der Waals surface area contributed by atoms with Crippen LogP contribution in [0.25, 0.3) is 0 Å². The number of nitrogens with zero attached hydrogens (tertiary/aromatic N) is 3. The lowest BCUT2D eigenvalue weighted by Crippen LogP contribution is -2.49. The van der Waals surface area contributed by atoms with Crippen LogP contribution in [0.5, 0.6) is 0 Å². The molecule has 1 fully saturated rings. The number of imidazole rings is 1. The summed E-state index contributed by atoms with van der Waals surface area (Å²) in [5.74, 6) is 0.0297. The minimum Gasteiger partial charge on any atom is -0.480 e. The van der Waals surface area contributed by atoms with Gasteiger partial charge in [0, 0.05) is 26.0 Å². The summed E-state index contributed by atoms with van der Waals surface area (Å²) in [5, 5.41) is 9.06. The van der Waals surface area contributed by atoms with E-state index in [-0.39, 0.29) is 6.61 Å². The van der Waals surface area contributed by atoms with Crippen molar-refractivity contribution >= 4 is 5.97 Å². The molecule has 1 N–H and O–H groups in total. The molecule has 1 aromatic rings. The highest BCUT2D eigenvalue weighted by Gasteiger charge is 2.29. The summed E-state index contributed by atoms with van der Waals surface area (Å²) >= 11 is 0. The largest absolute Gasteiger partial charge is 0.480 e. The first kappa shape index (κ1) is 11.1. The zero-order chi connectivity index (χ0) is 11.5. The number of carboxylic acids is 1. The van der Waals surface area contributed by atoms with Crippen molar-refractivity contribution in [1.29, 1.82) is 0 Å². The summed E-state index contributed by atoms with van der Waals surface area (Å²) in [6.45, 7) is 2.00. The van der Waals surface area contributed by atoms with Crippen molar-refractivity contribution in [3.63, 3.8) is 0 Å². The average Bonchev–Trinajstić information content (AvgIpc) is 2.65. The van der Waals surface area contributed by atoms with E-state index in [1.165, 1.54) is 0 Å². The second-order valence-electron chi connectivity index (χ2n) is 3.85. The summed E-state index contributed by atoms with van der Waals surface area (Å²) in [6.07, 6.45) is 3.57. The maximum absolute atomic E-state index is 11.0. The number of morpholine rings is 1. The lowest BCUT2D eigenvalue weighted by Gasteiger charge is -2.32. The third-order valence-electron chi connectivity index (χ3n) is 2.79. The molecule has 16 heavy (non-hydrogen) atoms. The number of ether oxygens (including phenoxy) is 1. The zero-order valence-electron chi connectivity index (χ0n) is 9.17. The van der Waals surface area contributed by atoms with Crippen molar-refractivity contribution in [1.82, 2.24) is 14.5 Å². The third-order valence-corrected chi connectivity index (χ3v) is 2.79. The highest BCUT2D eigenvalue weighted by atomic mass is 16.5. The van der Waals surface area contributed by atoms with E-state index in [9.17, 15) is 4.79 Å². The zero-order valence-corrected chi connectivity index (χ0v) is 9.17. The molecule has 0 saturated carbocycles. The minimum atomic E-state index is -0.839. The molecule has 1 saturated heterocycles. The van der Waals surface area contributed by atoms with Gasteiger partial charge in [-0.05, 0) is 0 Å². The summed E-state index contributed by atoms with van der Waals surface area (Å²) in [7, 11) is 1.90. The molecule has 0 amide bonds. The van der Waals surface area contributed by atoms with Gasteiger partial charge >= 0.3 is 5.97 Å². The van der Waals surface area contributed by atoms with Gasteiger partial charge in [0.2, 0.25) is 0 Å². The number of carbonyl (C=O) groups is 1. The molecular weight excluding hydrogens is 210 g/mol. The molecule has 1 atom stereocenters. The quantitative estimate of drug-likeness (QED) is 0.765. The van der Waals surface area contributed by atoms with E-state index >= 15 is 0 Å². The number of aromatic nitrogens is 2. The van der Waals surface area contributed by atoms with Crippen LogP contribution in [0.2, 0.25) is 0 Å². The van der Waals surface area contributed by atoms with E-state index in [0.717, 1.165) is 5.82 Å². The van der Waals surface area contributed by atoms with Crippen molar-refractivity contribution < 1.29 is 14.6 Å². The van der Waals surface area contributed by atoms with E-state index in [0.29, 0.717) is 19.7 Å². The maximum atomic E-state index is 11.0. The van der Waals surface area contributed by atoms with Crippen LogP contribution in [-0.2, 0) is 23.1 Å². The Bertz CT molecular complexity index is 377. The number of rotatable bonds is 3. The summed E-state index contributed by atoms with van der Waals surface area (Å²) < 4.78 is 7.07. The fraction of sp³-hybridized carbons (Fsp3) is 0.600. The monoisotopic (exact) mass is 225 g/mol. The van der Waals surface area contributed by atoms with Crippen molar-refractivity contribution in [3.05, 3.63) is 18.2 Å². The van der Waals surface area contributed by atoms with Gasteiger partial charge in [0.15, 0.2) is 0 Å². The van der Waals surface area contributed by atoms with Crippen LogP contribution in [0.3, 0.4) is 0 Å². The van der Waals surface area contributed by atoms with E-state index in [1.54, 1.807) is 6.20 Å². The lowest BCUT2D eigenvalue weighted by molar-refractivity contribution is -0.150. The number of aryl methyl sites for hydroxylation is 1. The molecule has 0 aliphatic carbocycles. The fourth-order valence-corrected chi connectivity index (χ4v) is 1.79. The van der Waals surface area contributed by atoms with Crippen LogP contribution in [0.15, 0.2) is 12.4 Å². The van der Waals surface area contributed by atoms with Gasteiger partial charge in [-0.2, -0.15) is 0 Å². The Kier molecular flexibility index (Phi) is 3.21. The van der Waals surface area contributed by atoms with Gasteiger partial charge in [-0.25, -0.2) is 4.98 Å². The van der Waals surface area contributed by atoms with E-state index in [4.69, 9.17) is 9.84 Å². The first-order valence-corrected chi connectivity index (χ1v) is 5.19. The van der Waals surface area contributed by atoms with Crippen LogP contribution in [-0.4, -0.2) is 51.3 Å². The van der Waals surface area contributed by atoms with Gasteiger partial charge in [-0.1, -0.05) is 0 Å². The Morgan fingerprint density at radius 2 is 2.56 bits per heavy atom. The van der Waals surface area contributed by atoms with Crippen molar-refractivity contribution in [3.8, 4) is 0 Å². The van der Waals surface area contributed by atoms with Crippen molar-refractivity contribution in [2.75, 3.05) is 19.8 Å². The second-order valence-corrected chi connectivity index (χ2v) is 3.85. The van der Waals surface area contributed by atoms with Gasteiger partial charge < -0.3 is 14.4 Å². The molecular formula is C10H15N3O3. The average molecular weight is 225 g/mol. The van der Waals surface area contributed by atoms with Crippen LogP contribution >= 0.6 is 0 Å². The normalized spacial score (nSPS) is 22.2. The van der Waals surface area contributed by atoms with E-state index in [2.05, 4.69) is 4.98 Å². The van der Waals surface area contributed by atoms with Crippen LogP contribution in [0, 0.1) is 0 Å². The summed E-state index contributed by atoms with van der Waals surface area (Å²) in [4.78, 5) is 17.1. The number of aliphatic carboxylic acids is 1. The first-order valence-electron chi connectivity index (χ1n) is 5.19. The van der Waals surface area contributed by atoms with E-state index in [1.807, 2.05) is 22.7 Å². The molecule has 6 nitrogen and oxygen atoms in total. The molecule has 88 valence electrons. The molecule has 1 unspecified atom stereocenters. The Balaban J connectivity index is 2.07. The minimum absolute atomic E-state index is 0.250. The lowest BCUT2D eigenvalue weighted by atomic mass is 10.2. The Hall–Kier alpha value is -1.40. The highest BCUT2D eigenvalue weighted by Crippen LogP contribution is 2.11. The standard InChI is InChI=1S/C10H15N3O3/c1-12-3-2-11-9(12)6-13-4-5-16-7-8(13)10(14)15/h2-3,8H,4-7H2,1H3,(H,14,15).